The van der Waals surface area contributed by atoms with Gasteiger partial charge in [0.2, 0.25) is 5.75 Å². The van der Waals surface area contributed by atoms with Gasteiger partial charge in [0.25, 0.3) is 0 Å². The van der Waals surface area contributed by atoms with E-state index in [0.29, 0.717) is 0 Å². The molecule has 1 fully saturated rings. The Morgan fingerprint density at radius 3 is 2.08 bits per heavy atom. The molecule has 4 aromatic rings. The summed E-state index contributed by atoms with van der Waals surface area (Å²) in [5.74, 6) is -0.960. The number of benzene rings is 3. The van der Waals surface area contributed by atoms with Crippen LogP contribution in [-0.4, -0.2) is 112 Å². The number of hydrogen-bond acceptors (Lipinski definition) is 16. The van der Waals surface area contributed by atoms with E-state index in [-0.39, 0.29) is 62.4 Å². The van der Waals surface area contributed by atoms with Crippen LogP contribution in [0.15, 0.2) is 57.7 Å². The van der Waals surface area contributed by atoms with Gasteiger partial charge in [-0.3, -0.25) is 4.79 Å². The molecule has 1 aliphatic rings. The van der Waals surface area contributed by atoms with Crippen molar-refractivity contribution >= 4 is 11.0 Å². The van der Waals surface area contributed by atoms with E-state index in [1.54, 1.807) is 0 Å². The van der Waals surface area contributed by atoms with Crippen molar-refractivity contribution < 1.29 is 73.7 Å². The van der Waals surface area contributed by atoms with Crippen molar-refractivity contribution in [1.82, 2.24) is 0 Å². The monoisotopic (exact) mass is 688 g/mol. The average molecular weight is 689 g/mol. The smallest absolute Gasteiger partial charge is 0.204 e. The van der Waals surface area contributed by atoms with Crippen molar-refractivity contribution in [2.45, 2.75) is 42.9 Å². The number of rotatable bonds is 12. The number of hydrogen-bond donors (Lipinski definition) is 8. The highest BCUT2D eigenvalue weighted by Gasteiger charge is 2.46. The Kier molecular flexibility index (Phi) is 10.7. The van der Waals surface area contributed by atoms with Crippen LogP contribution < -0.4 is 24.4 Å². The fourth-order valence-electron chi connectivity index (χ4n) is 5.46. The van der Waals surface area contributed by atoms with E-state index in [9.17, 15) is 45.6 Å². The summed E-state index contributed by atoms with van der Waals surface area (Å²) in [6.07, 6.45) is -10.9. The molecule has 0 bridgehead atoms. The van der Waals surface area contributed by atoms with Crippen molar-refractivity contribution in [3.8, 4) is 51.6 Å². The molecule has 0 radical (unpaired) electrons. The second-order valence-electron chi connectivity index (χ2n) is 11.0. The van der Waals surface area contributed by atoms with Crippen molar-refractivity contribution in [1.29, 1.82) is 0 Å². The van der Waals surface area contributed by atoms with Crippen LogP contribution in [0.1, 0.15) is 11.7 Å². The van der Waals surface area contributed by atoms with Gasteiger partial charge >= 0.3 is 0 Å². The van der Waals surface area contributed by atoms with Crippen LogP contribution in [0.5, 0.6) is 40.2 Å². The molecule has 0 spiro atoms. The largest absolute Gasteiger partial charge is 0.508 e. The van der Waals surface area contributed by atoms with Gasteiger partial charge < -0.3 is 73.7 Å². The van der Waals surface area contributed by atoms with Crippen molar-refractivity contribution in [3.05, 3.63) is 64.3 Å². The Hall–Kier alpha value is -4.81. The molecule has 0 aliphatic carbocycles. The Bertz CT molecular complexity index is 1810. The molecule has 0 saturated carbocycles. The van der Waals surface area contributed by atoms with Gasteiger partial charge in [-0.1, -0.05) is 6.07 Å². The molecule has 49 heavy (non-hydrogen) atoms. The molecule has 264 valence electrons. The summed E-state index contributed by atoms with van der Waals surface area (Å²) in [7, 11) is 3.95. The minimum Gasteiger partial charge on any atom is -0.508 e. The zero-order chi connectivity index (χ0) is 35.6. The zero-order valence-electron chi connectivity index (χ0n) is 26.4. The van der Waals surface area contributed by atoms with E-state index >= 15 is 0 Å². The molecule has 2 heterocycles. The predicted molar refractivity (Wildman–Crippen MR) is 168 cm³/mol. The van der Waals surface area contributed by atoms with E-state index in [1.165, 1.54) is 57.7 Å². The predicted octanol–water partition coefficient (Wildman–Crippen LogP) is 0.900. The number of phenols is 3. The number of ether oxygens (including phenoxy) is 6. The van der Waals surface area contributed by atoms with Gasteiger partial charge in [-0.05, 0) is 29.8 Å². The van der Waals surface area contributed by atoms with Crippen LogP contribution in [0.4, 0.5) is 0 Å². The molecule has 16 heteroatoms. The summed E-state index contributed by atoms with van der Waals surface area (Å²) in [6.45, 7) is -1.46. The minimum absolute atomic E-state index is 0.0179. The lowest BCUT2D eigenvalue weighted by atomic mass is 9.98. The molecular formula is C33H36O16. The third kappa shape index (κ3) is 7.02. The van der Waals surface area contributed by atoms with E-state index in [2.05, 4.69) is 0 Å². The van der Waals surface area contributed by atoms with Crippen LogP contribution >= 0.6 is 0 Å². The lowest BCUT2D eigenvalue weighted by Gasteiger charge is -2.41. The fourth-order valence-corrected chi connectivity index (χ4v) is 5.46. The quantitative estimate of drug-likeness (QED) is 0.103. The van der Waals surface area contributed by atoms with Crippen molar-refractivity contribution in [2.24, 2.45) is 0 Å². The summed E-state index contributed by atoms with van der Waals surface area (Å²) in [5.41, 5.74) is -0.175. The average Bonchev–Trinajstić information content (AvgIpc) is 3.09. The molecule has 1 saturated heterocycles. The van der Waals surface area contributed by atoms with Gasteiger partial charge in [-0.25, -0.2) is 0 Å². The summed E-state index contributed by atoms with van der Waals surface area (Å²) in [5, 5.41) is 81.8. The Morgan fingerprint density at radius 2 is 1.47 bits per heavy atom. The molecular weight excluding hydrogens is 652 g/mol. The van der Waals surface area contributed by atoms with E-state index in [1.807, 2.05) is 0 Å². The second-order valence-corrected chi connectivity index (χ2v) is 11.0. The zero-order valence-corrected chi connectivity index (χ0v) is 26.4. The fraction of sp³-hybridized carbons (Fsp3) is 0.364. The molecule has 1 aromatic heterocycles. The minimum atomic E-state index is -1.80. The highest BCUT2D eigenvalue weighted by Crippen LogP contribution is 2.44. The molecule has 0 amide bonds. The Labute approximate surface area is 278 Å². The summed E-state index contributed by atoms with van der Waals surface area (Å²) in [6, 6.07) is 10.3. The summed E-state index contributed by atoms with van der Waals surface area (Å²) < 4.78 is 40.1. The maximum Gasteiger partial charge on any atom is 0.204 e. The van der Waals surface area contributed by atoms with Crippen LogP contribution in [0.25, 0.3) is 22.3 Å². The van der Waals surface area contributed by atoms with E-state index < -0.39 is 67.3 Å². The second kappa shape index (κ2) is 14.8. The topological polar surface area (TPSA) is 247 Å². The SMILES string of the molecule is COc1cc(C(O[C@@H]2OC(CO)[C@@H](O)[C@H](O)C2O)[C@@H](CO)Oc2c(OC)cc(-c3cc(=O)c4c(O)cc(O)cc4o3)cc2OC)ccc1O. The number of aliphatic hydroxyl groups excluding tert-OH is 5. The molecule has 8 N–H and O–H groups in total. The number of fused-ring (bicyclic) bond motifs is 1. The Morgan fingerprint density at radius 1 is 0.796 bits per heavy atom. The van der Waals surface area contributed by atoms with Gasteiger partial charge in [0.1, 0.15) is 58.7 Å². The molecule has 16 nitrogen and oxygen atoms in total. The third-order valence-electron chi connectivity index (χ3n) is 7.99. The summed E-state index contributed by atoms with van der Waals surface area (Å²) >= 11 is 0. The van der Waals surface area contributed by atoms with Gasteiger partial charge in [0.15, 0.2) is 40.8 Å². The molecule has 1 aliphatic heterocycles. The van der Waals surface area contributed by atoms with Crippen LogP contribution in [0.2, 0.25) is 0 Å². The van der Waals surface area contributed by atoms with E-state index in [4.69, 9.17) is 32.8 Å². The molecule has 5 rings (SSSR count). The number of methoxy groups -OCH3 is 3. The molecule has 3 aromatic carbocycles. The van der Waals surface area contributed by atoms with Crippen LogP contribution in [-0.2, 0) is 9.47 Å². The summed E-state index contributed by atoms with van der Waals surface area (Å²) in [4.78, 5) is 12.9. The van der Waals surface area contributed by atoms with Gasteiger partial charge in [-0.15, -0.1) is 0 Å². The number of aromatic hydroxyl groups is 3. The van der Waals surface area contributed by atoms with Crippen molar-refractivity contribution in [3.63, 3.8) is 0 Å². The normalized spacial score (nSPS) is 22.0. The first kappa shape index (κ1) is 35.5. The van der Waals surface area contributed by atoms with Gasteiger partial charge in [0.05, 0.1) is 34.5 Å². The first-order valence-corrected chi connectivity index (χ1v) is 14.8. The van der Waals surface area contributed by atoms with Crippen molar-refractivity contribution in [2.75, 3.05) is 34.5 Å². The number of aliphatic hydroxyl groups is 5. The Balaban J connectivity index is 1.56. The van der Waals surface area contributed by atoms with E-state index in [0.717, 1.165) is 12.1 Å². The third-order valence-corrected chi connectivity index (χ3v) is 7.99. The molecule has 3 unspecified atom stereocenters. The van der Waals surface area contributed by atoms with Gasteiger partial charge in [0, 0.05) is 23.8 Å². The maximum absolute atomic E-state index is 12.9. The lowest BCUT2D eigenvalue weighted by Crippen LogP contribution is -2.59. The molecule has 7 atom stereocenters. The maximum atomic E-state index is 12.9. The number of phenolic OH excluding ortho intramolecular Hbond substituents is 3. The highest BCUT2D eigenvalue weighted by atomic mass is 16.7. The first-order valence-electron chi connectivity index (χ1n) is 14.8. The highest BCUT2D eigenvalue weighted by molar-refractivity contribution is 5.86. The first-order chi connectivity index (χ1) is 23.4. The standard InChI is InChI=1S/C33H36O16/c1-43-21-6-14(4-5-17(21)37)31(49-33-30(42)29(41)28(40)25(12-34)48-33)26(13-35)47-32-23(44-2)7-15(8-24(32)45-3)20-11-19(39)27-18(38)9-16(36)10-22(27)46-20/h4-11,25-26,28-31,33-38,40-42H,12-13H2,1-3H3/t25?,26-,28-,29+,30?,31?,33+/m1/s1. The van der Waals surface area contributed by atoms with Gasteiger partial charge in [-0.2, -0.15) is 0 Å². The van der Waals surface area contributed by atoms with Crippen LogP contribution in [0, 0.1) is 0 Å². The lowest BCUT2D eigenvalue weighted by molar-refractivity contribution is -0.318. The van der Waals surface area contributed by atoms with Crippen LogP contribution in [0.3, 0.4) is 0 Å².